The maximum Gasteiger partial charge on any atom is 0.224 e. The van der Waals surface area contributed by atoms with Crippen LogP contribution in [-0.4, -0.2) is 17.6 Å². The minimum atomic E-state index is -0.135. The molecule has 0 fully saturated rings. The molecule has 0 saturated carbocycles. The molecule has 0 aliphatic heterocycles. The van der Waals surface area contributed by atoms with Crippen LogP contribution < -0.4 is 5.32 Å². The van der Waals surface area contributed by atoms with Gasteiger partial charge in [-0.3, -0.25) is 4.79 Å². The van der Waals surface area contributed by atoms with Gasteiger partial charge in [-0.2, -0.15) is 5.26 Å². The number of benzene rings is 1. The number of carbonyl (C=O) groups excluding carboxylic acids is 1. The summed E-state index contributed by atoms with van der Waals surface area (Å²) < 4.78 is 0. The van der Waals surface area contributed by atoms with E-state index in [1.54, 1.807) is 12.1 Å². The van der Waals surface area contributed by atoms with E-state index in [-0.39, 0.29) is 12.5 Å². The number of aliphatic hydroxyl groups excluding tert-OH is 1. The van der Waals surface area contributed by atoms with Crippen molar-refractivity contribution in [3.8, 4) is 6.07 Å². The number of unbranched alkanes of at least 4 members (excludes halogenated alkanes) is 1. The Balaban J connectivity index is 2.57. The van der Waals surface area contributed by atoms with E-state index in [9.17, 15) is 4.79 Å². The van der Waals surface area contributed by atoms with Crippen LogP contribution >= 0.6 is 11.6 Å². The summed E-state index contributed by atoms with van der Waals surface area (Å²) in [4.78, 5) is 11.5. The van der Waals surface area contributed by atoms with E-state index < -0.39 is 0 Å². The van der Waals surface area contributed by atoms with Crippen molar-refractivity contribution >= 4 is 23.2 Å². The second-order valence-corrected chi connectivity index (χ2v) is 3.94. The van der Waals surface area contributed by atoms with Crippen molar-refractivity contribution in [2.75, 3.05) is 11.9 Å². The van der Waals surface area contributed by atoms with E-state index in [0.29, 0.717) is 35.5 Å². The molecule has 0 saturated heterocycles. The van der Waals surface area contributed by atoms with Gasteiger partial charge in [0.25, 0.3) is 0 Å². The van der Waals surface area contributed by atoms with Crippen LogP contribution in [0.1, 0.15) is 24.8 Å². The number of aliphatic hydroxyl groups is 1. The number of hydrogen-bond donors (Lipinski definition) is 2. The molecular formula is C12H13ClN2O2. The van der Waals surface area contributed by atoms with Gasteiger partial charge < -0.3 is 10.4 Å². The number of nitriles is 1. The second kappa shape index (κ2) is 6.89. The Bertz CT molecular complexity index is 441. The van der Waals surface area contributed by atoms with Crippen molar-refractivity contribution in [3.63, 3.8) is 0 Å². The molecule has 0 aliphatic rings. The zero-order valence-electron chi connectivity index (χ0n) is 9.24. The van der Waals surface area contributed by atoms with Gasteiger partial charge in [0.1, 0.15) is 6.07 Å². The summed E-state index contributed by atoms with van der Waals surface area (Å²) in [5, 5.41) is 20.4. The molecule has 1 rings (SSSR count). The summed E-state index contributed by atoms with van der Waals surface area (Å²) in [7, 11) is 0. The molecule has 0 heterocycles. The Hall–Kier alpha value is -1.57. The minimum absolute atomic E-state index is 0.0901. The van der Waals surface area contributed by atoms with Gasteiger partial charge in [-0.05, 0) is 31.0 Å². The van der Waals surface area contributed by atoms with Crippen LogP contribution in [0.15, 0.2) is 18.2 Å². The predicted molar refractivity (Wildman–Crippen MR) is 65.7 cm³/mol. The van der Waals surface area contributed by atoms with Crippen LogP contribution in [0.3, 0.4) is 0 Å². The van der Waals surface area contributed by atoms with Gasteiger partial charge in [-0.1, -0.05) is 11.6 Å². The molecule has 0 spiro atoms. The first-order chi connectivity index (χ1) is 8.17. The maximum absolute atomic E-state index is 11.5. The van der Waals surface area contributed by atoms with Crippen molar-refractivity contribution in [1.29, 1.82) is 5.26 Å². The number of hydrogen-bond acceptors (Lipinski definition) is 3. The van der Waals surface area contributed by atoms with Crippen molar-refractivity contribution in [2.24, 2.45) is 0 Å². The lowest BCUT2D eigenvalue weighted by Crippen LogP contribution is -2.11. The molecule has 0 aromatic heterocycles. The van der Waals surface area contributed by atoms with Crippen molar-refractivity contribution < 1.29 is 9.90 Å². The molecule has 0 aliphatic carbocycles. The average molecular weight is 253 g/mol. The highest BCUT2D eigenvalue weighted by atomic mass is 35.5. The van der Waals surface area contributed by atoms with E-state index in [2.05, 4.69) is 5.32 Å². The minimum Gasteiger partial charge on any atom is -0.396 e. The van der Waals surface area contributed by atoms with Gasteiger partial charge in [0.2, 0.25) is 5.91 Å². The Labute approximate surface area is 105 Å². The lowest BCUT2D eigenvalue weighted by Gasteiger charge is -2.05. The third-order valence-corrected chi connectivity index (χ3v) is 2.51. The summed E-state index contributed by atoms with van der Waals surface area (Å²) in [6.45, 7) is 0.0901. The van der Waals surface area contributed by atoms with Gasteiger partial charge >= 0.3 is 0 Å². The zero-order chi connectivity index (χ0) is 12.7. The Morgan fingerprint density at radius 3 is 2.88 bits per heavy atom. The number of amides is 1. The fraction of sp³-hybridized carbons (Fsp3) is 0.333. The summed E-state index contributed by atoms with van der Waals surface area (Å²) in [5.74, 6) is -0.135. The smallest absolute Gasteiger partial charge is 0.224 e. The quantitative estimate of drug-likeness (QED) is 0.790. The van der Waals surface area contributed by atoms with Gasteiger partial charge in [-0.15, -0.1) is 0 Å². The third-order valence-electron chi connectivity index (χ3n) is 2.18. The highest BCUT2D eigenvalue weighted by molar-refractivity contribution is 6.31. The summed E-state index contributed by atoms with van der Waals surface area (Å²) in [6.07, 6.45) is 1.60. The lowest BCUT2D eigenvalue weighted by atomic mass is 10.2. The molecule has 1 amide bonds. The predicted octanol–water partition coefficient (Wildman–Crippen LogP) is 2.31. The van der Waals surface area contributed by atoms with E-state index in [1.807, 2.05) is 6.07 Å². The molecule has 1 aromatic carbocycles. The number of rotatable bonds is 5. The van der Waals surface area contributed by atoms with Crippen molar-refractivity contribution in [1.82, 2.24) is 0 Å². The molecule has 1 aromatic rings. The molecule has 0 radical (unpaired) electrons. The van der Waals surface area contributed by atoms with Crippen LogP contribution in [-0.2, 0) is 4.79 Å². The molecule has 90 valence electrons. The van der Waals surface area contributed by atoms with Crippen molar-refractivity contribution in [2.45, 2.75) is 19.3 Å². The largest absolute Gasteiger partial charge is 0.396 e. The first-order valence-corrected chi connectivity index (χ1v) is 5.65. The van der Waals surface area contributed by atoms with E-state index in [0.717, 1.165) is 0 Å². The number of anilines is 1. The number of nitrogens with one attached hydrogen (secondary N) is 1. The highest BCUT2D eigenvalue weighted by Gasteiger charge is 2.05. The summed E-state index contributed by atoms with van der Waals surface area (Å²) in [5.41, 5.74) is 0.889. The number of nitrogens with zero attached hydrogens (tertiary/aromatic N) is 1. The number of carbonyl (C=O) groups is 1. The van der Waals surface area contributed by atoms with Crippen LogP contribution in [0.25, 0.3) is 0 Å². The summed E-state index contributed by atoms with van der Waals surface area (Å²) >= 11 is 5.77. The standard InChI is InChI=1S/C12H13ClN2O2/c13-11-5-4-10(7-9(11)8-14)15-12(17)3-1-2-6-16/h4-5,7,16H,1-3,6H2,(H,15,17). The molecule has 2 N–H and O–H groups in total. The Morgan fingerprint density at radius 2 is 2.24 bits per heavy atom. The van der Waals surface area contributed by atoms with Gasteiger partial charge in [0, 0.05) is 18.7 Å². The molecule has 0 bridgehead atoms. The fourth-order valence-electron chi connectivity index (χ4n) is 1.31. The first-order valence-electron chi connectivity index (χ1n) is 5.27. The SMILES string of the molecule is N#Cc1cc(NC(=O)CCCCO)ccc1Cl. The van der Waals surface area contributed by atoms with Gasteiger partial charge in [-0.25, -0.2) is 0 Å². The molecule has 5 heteroatoms. The van der Waals surface area contributed by atoms with Crippen molar-refractivity contribution in [3.05, 3.63) is 28.8 Å². The monoisotopic (exact) mass is 252 g/mol. The summed E-state index contributed by atoms with van der Waals surface area (Å²) in [6, 6.07) is 6.70. The molecule has 0 unspecified atom stereocenters. The fourth-order valence-corrected chi connectivity index (χ4v) is 1.47. The normalized spacial score (nSPS) is 9.71. The molecular weight excluding hydrogens is 240 g/mol. The molecule has 17 heavy (non-hydrogen) atoms. The van der Waals surface area contributed by atoms with Crippen LogP contribution in [0.4, 0.5) is 5.69 Å². The highest BCUT2D eigenvalue weighted by Crippen LogP contribution is 2.19. The second-order valence-electron chi connectivity index (χ2n) is 3.54. The zero-order valence-corrected chi connectivity index (χ0v) is 10.00. The molecule has 4 nitrogen and oxygen atoms in total. The Morgan fingerprint density at radius 1 is 1.47 bits per heavy atom. The van der Waals surface area contributed by atoms with E-state index in [1.165, 1.54) is 6.07 Å². The number of halogens is 1. The maximum atomic E-state index is 11.5. The van der Waals surface area contributed by atoms with Gasteiger partial charge in [0.05, 0.1) is 10.6 Å². The topological polar surface area (TPSA) is 73.1 Å². The first kappa shape index (κ1) is 13.5. The lowest BCUT2D eigenvalue weighted by molar-refractivity contribution is -0.116. The van der Waals surface area contributed by atoms with Crippen LogP contribution in [0.2, 0.25) is 5.02 Å². The van der Waals surface area contributed by atoms with E-state index in [4.69, 9.17) is 22.0 Å². The van der Waals surface area contributed by atoms with E-state index >= 15 is 0 Å². The van der Waals surface area contributed by atoms with Crippen LogP contribution in [0, 0.1) is 11.3 Å². The molecule has 0 atom stereocenters. The van der Waals surface area contributed by atoms with Gasteiger partial charge in [0.15, 0.2) is 0 Å². The third kappa shape index (κ3) is 4.43. The Kier molecular flexibility index (Phi) is 5.47. The average Bonchev–Trinajstić information content (AvgIpc) is 2.32. The van der Waals surface area contributed by atoms with Crippen LogP contribution in [0.5, 0.6) is 0 Å².